The van der Waals surface area contributed by atoms with Crippen LogP contribution in [0.5, 0.6) is 5.75 Å². The number of hydrogen-bond donors (Lipinski definition) is 1. The van der Waals surface area contributed by atoms with Gasteiger partial charge in [-0.2, -0.15) is 0 Å². The van der Waals surface area contributed by atoms with Crippen LogP contribution in [0.15, 0.2) is 51.7 Å². The van der Waals surface area contributed by atoms with E-state index in [1.54, 1.807) is 19.2 Å². The van der Waals surface area contributed by atoms with E-state index in [0.29, 0.717) is 27.8 Å². The average Bonchev–Trinajstić information content (AvgIpc) is 2.85. The van der Waals surface area contributed by atoms with Crippen molar-refractivity contribution in [2.24, 2.45) is 0 Å². The zero-order valence-corrected chi connectivity index (χ0v) is 10.8. The molecule has 4 aromatic rings. The van der Waals surface area contributed by atoms with Crippen molar-refractivity contribution in [1.29, 1.82) is 0 Å². The Hall–Kier alpha value is -2.75. The van der Waals surface area contributed by atoms with Gasteiger partial charge in [0.15, 0.2) is 0 Å². The van der Waals surface area contributed by atoms with Gasteiger partial charge in [-0.05, 0) is 18.2 Å². The molecule has 20 heavy (non-hydrogen) atoms. The second kappa shape index (κ2) is 3.87. The van der Waals surface area contributed by atoms with Crippen LogP contribution < -0.4 is 10.2 Å². The molecule has 2 aromatic carbocycles. The highest BCUT2D eigenvalue weighted by molar-refractivity contribution is 6.09. The minimum absolute atomic E-state index is 0.0265. The third-order valence-corrected chi connectivity index (χ3v) is 3.55. The number of ether oxygens (including phenoxy) is 1. The van der Waals surface area contributed by atoms with E-state index in [1.807, 2.05) is 30.3 Å². The molecule has 1 N–H and O–H groups in total. The summed E-state index contributed by atoms with van der Waals surface area (Å²) in [4.78, 5) is 15.8. The Bertz CT molecular complexity index is 1010. The highest BCUT2D eigenvalue weighted by Crippen LogP contribution is 2.31. The molecule has 0 bridgehead atoms. The van der Waals surface area contributed by atoms with Gasteiger partial charge in [-0.3, -0.25) is 4.79 Å². The average molecular weight is 265 g/mol. The van der Waals surface area contributed by atoms with Gasteiger partial charge in [-0.25, -0.2) is 0 Å². The van der Waals surface area contributed by atoms with Crippen molar-refractivity contribution in [3.63, 3.8) is 0 Å². The quantitative estimate of drug-likeness (QED) is 0.573. The number of benzene rings is 2. The zero-order valence-electron chi connectivity index (χ0n) is 10.8. The summed E-state index contributed by atoms with van der Waals surface area (Å²) in [5.41, 5.74) is 1.81. The summed E-state index contributed by atoms with van der Waals surface area (Å²) in [7, 11) is 1.60. The molecule has 0 atom stereocenters. The Morgan fingerprint density at radius 3 is 2.70 bits per heavy atom. The summed E-state index contributed by atoms with van der Waals surface area (Å²) in [6.45, 7) is 0. The number of methoxy groups -OCH3 is 1. The first-order valence-electron chi connectivity index (χ1n) is 6.30. The fourth-order valence-electron chi connectivity index (χ4n) is 2.63. The fourth-order valence-corrected chi connectivity index (χ4v) is 2.63. The van der Waals surface area contributed by atoms with Gasteiger partial charge in [0.25, 0.3) is 0 Å². The molecule has 0 saturated heterocycles. The van der Waals surface area contributed by atoms with E-state index >= 15 is 0 Å². The van der Waals surface area contributed by atoms with Gasteiger partial charge in [-0.1, -0.05) is 24.3 Å². The van der Waals surface area contributed by atoms with Crippen LogP contribution in [-0.4, -0.2) is 12.1 Å². The lowest BCUT2D eigenvalue weighted by atomic mass is 10.1. The maximum absolute atomic E-state index is 12.6. The summed E-state index contributed by atoms with van der Waals surface area (Å²) in [5, 5.41) is 1.97. The minimum Gasteiger partial charge on any atom is -0.495 e. The highest BCUT2D eigenvalue weighted by Gasteiger charge is 2.15. The Balaban J connectivity index is 2.31. The monoisotopic (exact) mass is 265 g/mol. The Kier molecular flexibility index (Phi) is 2.15. The normalized spacial score (nSPS) is 11.4. The van der Waals surface area contributed by atoms with E-state index in [9.17, 15) is 4.79 Å². The second-order valence-corrected chi connectivity index (χ2v) is 4.64. The van der Waals surface area contributed by atoms with Crippen molar-refractivity contribution in [3.05, 3.63) is 52.7 Å². The molecule has 0 unspecified atom stereocenters. The van der Waals surface area contributed by atoms with E-state index in [1.165, 1.54) is 0 Å². The standard InChI is InChI=1S/C16H11NO3/c1-19-12-8-4-6-10-13-15(18)9-5-2-3-7-11(9)20-16(13)17-14(10)12/h2-8,17H,1H3. The second-order valence-electron chi connectivity index (χ2n) is 4.64. The number of nitrogens with one attached hydrogen (secondary N) is 1. The van der Waals surface area contributed by atoms with Gasteiger partial charge in [-0.15, -0.1) is 0 Å². The Labute approximate surface area is 113 Å². The molecule has 0 aliphatic rings. The van der Waals surface area contributed by atoms with Crippen molar-refractivity contribution < 1.29 is 9.15 Å². The van der Waals surface area contributed by atoms with Gasteiger partial charge in [0.05, 0.1) is 23.4 Å². The predicted molar refractivity (Wildman–Crippen MR) is 78.4 cm³/mol. The molecule has 0 radical (unpaired) electrons. The number of para-hydroxylation sites is 2. The first kappa shape index (κ1) is 11.1. The van der Waals surface area contributed by atoms with Gasteiger partial charge in [0.1, 0.15) is 11.3 Å². The van der Waals surface area contributed by atoms with Crippen LogP contribution in [0.1, 0.15) is 0 Å². The van der Waals surface area contributed by atoms with Crippen molar-refractivity contribution in [3.8, 4) is 5.75 Å². The number of rotatable bonds is 1. The first-order chi connectivity index (χ1) is 9.79. The molecule has 4 nitrogen and oxygen atoms in total. The molecule has 4 heteroatoms. The maximum Gasteiger partial charge on any atom is 0.209 e. The van der Waals surface area contributed by atoms with E-state index in [2.05, 4.69) is 4.98 Å². The minimum atomic E-state index is -0.0265. The molecule has 0 saturated carbocycles. The molecular formula is C16H11NO3. The number of aromatic nitrogens is 1. The van der Waals surface area contributed by atoms with Crippen LogP contribution in [0.3, 0.4) is 0 Å². The Morgan fingerprint density at radius 1 is 1.05 bits per heavy atom. The van der Waals surface area contributed by atoms with Crippen LogP contribution >= 0.6 is 0 Å². The Morgan fingerprint density at radius 2 is 1.85 bits per heavy atom. The fraction of sp³-hybridized carbons (Fsp3) is 0.0625. The van der Waals surface area contributed by atoms with Gasteiger partial charge in [0, 0.05) is 5.39 Å². The largest absolute Gasteiger partial charge is 0.495 e. The topological polar surface area (TPSA) is 55.2 Å². The number of H-pyrrole nitrogens is 1. The van der Waals surface area contributed by atoms with Gasteiger partial charge >= 0.3 is 0 Å². The van der Waals surface area contributed by atoms with Crippen molar-refractivity contribution in [2.75, 3.05) is 7.11 Å². The predicted octanol–water partition coefficient (Wildman–Crippen LogP) is 3.44. The van der Waals surface area contributed by atoms with E-state index in [-0.39, 0.29) is 5.43 Å². The summed E-state index contributed by atoms with van der Waals surface area (Å²) in [5.74, 6) is 0.692. The molecule has 0 spiro atoms. The lowest BCUT2D eigenvalue weighted by Crippen LogP contribution is -2.00. The molecule has 0 aliphatic carbocycles. The van der Waals surface area contributed by atoms with Crippen LogP contribution in [0.25, 0.3) is 33.0 Å². The number of aromatic amines is 1. The maximum atomic E-state index is 12.6. The van der Waals surface area contributed by atoms with Crippen molar-refractivity contribution in [2.45, 2.75) is 0 Å². The SMILES string of the molecule is COc1cccc2c1[nH]c1oc3ccccc3c(=O)c12. The summed E-state index contributed by atoms with van der Waals surface area (Å²) in [6, 6.07) is 12.9. The number of hydrogen-bond acceptors (Lipinski definition) is 3. The van der Waals surface area contributed by atoms with Crippen molar-refractivity contribution in [1.82, 2.24) is 4.98 Å². The third kappa shape index (κ3) is 1.33. The molecule has 0 aliphatic heterocycles. The van der Waals surface area contributed by atoms with Gasteiger partial charge < -0.3 is 14.1 Å². The molecular weight excluding hydrogens is 254 g/mol. The smallest absolute Gasteiger partial charge is 0.209 e. The lowest BCUT2D eigenvalue weighted by molar-refractivity contribution is 0.419. The highest BCUT2D eigenvalue weighted by atomic mass is 16.5. The molecule has 0 amide bonds. The molecule has 98 valence electrons. The zero-order chi connectivity index (χ0) is 13.7. The molecule has 2 aromatic heterocycles. The lowest BCUT2D eigenvalue weighted by Gasteiger charge is -1.99. The van der Waals surface area contributed by atoms with Crippen LogP contribution in [0.4, 0.5) is 0 Å². The number of fused-ring (bicyclic) bond motifs is 4. The van der Waals surface area contributed by atoms with E-state index < -0.39 is 0 Å². The van der Waals surface area contributed by atoms with Gasteiger partial charge in [0.2, 0.25) is 11.1 Å². The molecule has 0 fully saturated rings. The summed E-state index contributed by atoms with van der Waals surface area (Å²) in [6.07, 6.45) is 0. The first-order valence-corrected chi connectivity index (χ1v) is 6.30. The van der Waals surface area contributed by atoms with Crippen LogP contribution in [0.2, 0.25) is 0 Å². The van der Waals surface area contributed by atoms with E-state index in [4.69, 9.17) is 9.15 Å². The molecule has 4 rings (SSSR count). The summed E-state index contributed by atoms with van der Waals surface area (Å²) < 4.78 is 11.1. The van der Waals surface area contributed by atoms with Crippen LogP contribution in [0, 0.1) is 0 Å². The summed E-state index contributed by atoms with van der Waals surface area (Å²) >= 11 is 0. The molecule has 2 heterocycles. The van der Waals surface area contributed by atoms with E-state index in [0.717, 1.165) is 10.9 Å². The van der Waals surface area contributed by atoms with Crippen LogP contribution in [-0.2, 0) is 0 Å². The third-order valence-electron chi connectivity index (χ3n) is 3.55. The van der Waals surface area contributed by atoms with Crippen molar-refractivity contribution >= 4 is 33.0 Å².